The molecule has 1 saturated heterocycles. The van der Waals surface area contributed by atoms with E-state index in [1.807, 2.05) is 30.0 Å². The van der Waals surface area contributed by atoms with Crippen molar-refractivity contribution in [3.63, 3.8) is 0 Å². The number of aromatic nitrogens is 1. The summed E-state index contributed by atoms with van der Waals surface area (Å²) in [5, 5.41) is 0. The van der Waals surface area contributed by atoms with E-state index in [0.717, 1.165) is 43.7 Å². The first-order valence-electron chi connectivity index (χ1n) is 8.80. The third-order valence-corrected chi connectivity index (χ3v) is 4.87. The zero-order valence-corrected chi connectivity index (χ0v) is 14.4. The number of hydrogen-bond donors (Lipinski definition) is 0. The number of carbonyl (C=O) groups is 1. The van der Waals surface area contributed by atoms with Gasteiger partial charge >= 0.3 is 0 Å². The standard InChI is InChI=1S/C20H22N2O3/c1-14-4-2-6-17(21-14)10-15-5-3-9-22(12-15)20(23)16-7-8-18-19(11-16)25-13-24-18/h2,4,6-8,11,15H,3,5,9-10,12-13H2,1H3. The molecule has 4 rings (SSSR count). The minimum atomic E-state index is 0.0696. The third-order valence-electron chi connectivity index (χ3n) is 4.87. The topological polar surface area (TPSA) is 51.7 Å². The van der Waals surface area contributed by atoms with Crippen LogP contribution < -0.4 is 9.47 Å². The summed E-state index contributed by atoms with van der Waals surface area (Å²) >= 11 is 0. The Morgan fingerprint density at radius 2 is 2.12 bits per heavy atom. The van der Waals surface area contributed by atoms with Gasteiger partial charge in [-0.1, -0.05) is 6.07 Å². The van der Waals surface area contributed by atoms with Crippen LogP contribution in [0.1, 0.15) is 34.6 Å². The lowest BCUT2D eigenvalue weighted by molar-refractivity contribution is 0.0672. The number of nitrogens with zero attached hydrogens (tertiary/aromatic N) is 2. The van der Waals surface area contributed by atoms with E-state index in [1.165, 1.54) is 0 Å². The summed E-state index contributed by atoms with van der Waals surface area (Å²) in [6, 6.07) is 11.6. The smallest absolute Gasteiger partial charge is 0.254 e. The number of piperidine rings is 1. The van der Waals surface area contributed by atoms with E-state index in [4.69, 9.17) is 9.47 Å². The summed E-state index contributed by atoms with van der Waals surface area (Å²) in [5.41, 5.74) is 2.82. The van der Waals surface area contributed by atoms with Crippen LogP contribution in [-0.4, -0.2) is 35.7 Å². The van der Waals surface area contributed by atoms with Crippen molar-refractivity contribution in [2.45, 2.75) is 26.2 Å². The fraction of sp³-hybridized carbons (Fsp3) is 0.400. The van der Waals surface area contributed by atoms with Crippen LogP contribution in [0.25, 0.3) is 0 Å². The number of amides is 1. The van der Waals surface area contributed by atoms with Crippen molar-refractivity contribution in [2.75, 3.05) is 19.9 Å². The SMILES string of the molecule is Cc1cccc(CC2CCCN(C(=O)c3ccc4c(c3)OCO4)C2)n1. The van der Waals surface area contributed by atoms with Gasteiger partial charge in [-0.3, -0.25) is 9.78 Å². The summed E-state index contributed by atoms with van der Waals surface area (Å²) in [7, 11) is 0. The van der Waals surface area contributed by atoms with Crippen molar-refractivity contribution in [3.8, 4) is 11.5 Å². The van der Waals surface area contributed by atoms with Crippen LogP contribution in [0.2, 0.25) is 0 Å². The lowest BCUT2D eigenvalue weighted by Gasteiger charge is -2.33. The molecule has 0 spiro atoms. The predicted molar refractivity (Wildman–Crippen MR) is 93.9 cm³/mol. The highest BCUT2D eigenvalue weighted by Gasteiger charge is 2.26. The van der Waals surface area contributed by atoms with Crippen LogP contribution in [0.15, 0.2) is 36.4 Å². The van der Waals surface area contributed by atoms with Gasteiger partial charge in [-0.25, -0.2) is 0 Å². The van der Waals surface area contributed by atoms with Crippen molar-refractivity contribution in [1.29, 1.82) is 0 Å². The van der Waals surface area contributed by atoms with E-state index in [1.54, 1.807) is 6.07 Å². The Morgan fingerprint density at radius 1 is 1.24 bits per heavy atom. The van der Waals surface area contributed by atoms with E-state index in [-0.39, 0.29) is 12.7 Å². The molecule has 1 atom stereocenters. The van der Waals surface area contributed by atoms with Gasteiger partial charge in [0.25, 0.3) is 5.91 Å². The van der Waals surface area contributed by atoms with Gasteiger partial charge < -0.3 is 14.4 Å². The molecule has 1 aromatic heterocycles. The Labute approximate surface area is 147 Å². The Bertz CT molecular complexity index is 790. The van der Waals surface area contributed by atoms with Gasteiger partial charge in [0.1, 0.15) is 0 Å². The minimum Gasteiger partial charge on any atom is -0.454 e. The summed E-state index contributed by atoms with van der Waals surface area (Å²) in [6.45, 7) is 3.83. The largest absolute Gasteiger partial charge is 0.454 e. The van der Waals surface area contributed by atoms with Crippen molar-refractivity contribution in [3.05, 3.63) is 53.3 Å². The molecule has 130 valence electrons. The molecule has 0 N–H and O–H groups in total. The maximum Gasteiger partial charge on any atom is 0.254 e. The Kier molecular flexibility index (Phi) is 4.30. The van der Waals surface area contributed by atoms with E-state index in [2.05, 4.69) is 17.1 Å². The number of fused-ring (bicyclic) bond motifs is 1. The van der Waals surface area contributed by atoms with Gasteiger partial charge in [0.15, 0.2) is 11.5 Å². The molecule has 5 heteroatoms. The number of aryl methyl sites for hydroxylation is 1. The molecule has 0 saturated carbocycles. The second-order valence-corrected chi connectivity index (χ2v) is 6.80. The highest BCUT2D eigenvalue weighted by molar-refractivity contribution is 5.95. The van der Waals surface area contributed by atoms with E-state index in [0.29, 0.717) is 23.0 Å². The molecule has 0 bridgehead atoms. The molecule has 2 aliphatic rings. The number of benzene rings is 1. The minimum absolute atomic E-state index is 0.0696. The summed E-state index contributed by atoms with van der Waals surface area (Å²) in [5.74, 6) is 1.89. The molecule has 1 fully saturated rings. The molecule has 2 aliphatic heterocycles. The second-order valence-electron chi connectivity index (χ2n) is 6.80. The summed E-state index contributed by atoms with van der Waals surface area (Å²) in [4.78, 5) is 19.4. The fourth-order valence-electron chi connectivity index (χ4n) is 3.64. The van der Waals surface area contributed by atoms with E-state index < -0.39 is 0 Å². The van der Waals surface area contributed by atoms with Crippen LogP contribution in [0, 0.1) is 12.8 Å². The van der Waals surface area contributed by atoms with Crippen LogP contribution >= 0.6 is 0 Å². The van der Waals surface area contributed by atoms with Gasteiger partial charge in [0.05, 0.1) is 0 Å². The maximum absolute atomic E-state index is 12.9. The molecule has 0 aliphatic carbocycles. The molecular weight excluding hydrogens is 316 g/mol. The van der Waals surface area contributed by atoms with Crippen molar-refractivity contribution >= 4 is 5.91 Å². The Morgan fingerprint density at radius 3 is 3.00 bits per heavy atom. The zero-order chi connectivity index (χ0) is 17.2. The maximum atomic E-state index is 12.9. The van der Waals surface area contributed by atoms with Gasteiger partial charge in [-0.2, -0.15) is 0 Å². The third kappa shape index (κ3) is 3.45. The Balaban J connectivity index is 1.44. The highest BCUT2D eigenvalue weighted by atomic mass is 16.7. The van der Waals surface area contributed by atoms with Gasteiger partial charge in [0, 0.05) is 30.0 Å². The van der Waals surface area contributed by atoms with Crippen LogP contribution in [0.5, 0.6) is 11.5 Å². The van der Waals surface area contributed by atoms with Gasteiger partial charge in [-0.15, -0.1) is 0 Å². The summed E-state index contributed by atoms with van der Waals surface area (Å²) < 4.78 is 10.7. The number of rotatable bonds is 3. The molecule has 0 radical (unpaired) electrons. The highest BCUT2D eigenvalue weighted by Crippen LogP contribution is 2.33. The average Bonchev–Trinajstić information content (AvgIpc) is 3.09. The second kappa shape index (κ2) is 6.75. The lowest BCUT2D eigenvalue weighted by atomic mass is 9.92. The lowest BCUT2D eigenvalue weighted by Crippen LogP contribution is -2.40. The molecule has 1 amide bonds. The normalized spacial score (nSPS) is 19.1. The van der Waals surface area contributed by atoms with Gasteiger partial charge in [-0.05, 0) is 62.4 Å². The fourth-order valence-corrected chi connectivity index (χ4v) is 3.64. The molecular formula is C20H22N2O3. The number of pyridine rings is 1. The first-order chi connectivity index (χ1) is 12.2. The van der Waals surface area contributed by atoms with Gasteiger partial charge in [0.2, 0.25) is 6.79 Å². The van der Waals surface area contributed by atoms with Crippen molar-refractivity contribution in [2.24, 2.45) is 5.92 Å². The molecule has 5 nitrogen and oxygen atoms in total. The van der Waals surface area contributed by atoms with E-state index >= 15 is 0 Å². The molecule has 25 heavy (non-hydrogen) atoms. The van der Waals surface area contributed by atoms with Crippen LogP contribution in [0.3, 0.4) is 0 Å². The monoisotopic (exact) mass is 338 g/mol. The Hall–Kier alpha value is -2.56. The first kappa shape index (κ1) is 15.9. The quantitative estimate of drug-likeness (QED) is 0.862. The number of hydrogen-bond acceptors (Lipinski definition) is 4. The van der Waals surface area contributed by atoms with Crippen molar-refractivity contribution < 1.29 is 14.3 Å². The first-order valence-corrected chi connectivity index (χ1v) is 8.80. The number of ether oxygens (including phenoxy) is 2. The zero-order valence-electron chi connectivity index (χ0n) is 14.4. The van der Waals surface area contributed by atoms with E-state index in [9.17, 15) is 4.79 Å². The number of likely N-dealkylation sites (tertiary alicyclic amines) is 1. The van der Waals surface area contributed by atoms with Crippen LogP contribution in [-0.2, 0) is 6.42 Å². The summed E-state index contributed by atoms with van der Waals surface area (Å²) in [6.07, 6.45) is 3.10. The molecule has 3 heterocycles. The average molecular weight is 338 g/mol. The number of carbonyl (C=O) groups excluding carboxylic acids is 1. The van der Waals surface area contributed by atoms with Crippen molar-refractivity contribution in [1.82, 2.24) is 9.88 Å². The molecule has 1 aromatic carbocycles. The molecule has 2 aromatic rings. The molecule has 1 unspecified atom stereocenters. The van der Waals surface area contributed by atoms with Crippen LogP contribution in [0.4, 0.5) is 0 Å². The predicted octanol–water partition coefficient (Wildman–Crippen LogP) is 3.21.